The van der Waals surface area contributed by atoms with Gasteiger partial charge in [0.2, 0.25) is 0 Å². The molecule has 0 aliphatic rings. The number of nitrogens with one attached hydrogen (secondary N) is 1. The molecule has 0 aliphatic carbocycles. The van der Waals surface area contributed by atoms with Crippen molar-refractivity contribution in [3.63, 3.8) is 0 Å². The van der Waals surface area contributed by atoms with Crippen molar-refractivity contribution in [1.29, 1.82) is 5.26 Å². The number of ether oxygens (including phenoxy) is 2. The molecule has 0 spiro atoms. The number of hydrogen-bond acceptors (Lipinski definition) is 4. The van der Waals surface area contributed by atoms with Gasteiger partial charge in [0.05, 0.1) is 19.3 Å². The summed E-state index contributed by atoms with van der Waals surface area (Å²) in [7, 11) is 1.70. The lowest BCUT2D eigenvalue weighted by molar-refractivity contribution is 0.199. The zero-order valence-corrected chi connectivity index (χ0v) is 12.4. The number of hydrogen-bond donors (Lipinski definition) is 1. The Morgan fingerprint density at radius 3 is 2.85 bits per heavy atom. The molecule has 20 heavy (non-hydrogen) atoms. The summed E-state index contributed by atoms with van der Waals surface area (Å²) in [5.74, 6) is 0.967. The van der Waals surface area contributed by atoms with Crippen molar-refractivity contribution in [1.82, 2.24) is 5.32 Å². The van der Waals surface area contributed by atoms with Gasteiger partial charge in [-0.3, -0.25) is 0 Å². The zero-order chi connectivity index (χ0) is 14.6. The lowest BCUT2D eigenvalue weighted by Gasteiger charge is -2.14. The molecule has 0 unspecified atom stereocenters. The molecule has 110 valence electrons. The summed E-state index contributed by atoms with van der Waals surface area (Å²) in [5.41, 5.74) is 2.32. The first-order valence-electron chi connectivity index (χ1n) is 7.07. The first-order chi connectivity index (χ1) is 9.79. The third-order valence-electron chi connectivity index (χ3n) is 3.02. The predicted molar refractivity (Wildman–Crippen MR) is 79.7 cm³/mol. The Balaban J connectivity index is 2.48. The molecule has 0 aromatic heterocycles. The van der Waals surface area contributed by atoms with Crippen LogP contribution in [0.1, 0.15) is 30.4 Å². The van der Waals surface area contributed by atoms with Crippen LogP contribution in [0.2, 0.25) is 0 Å². The molecule has 1 rings (SSSR count). The van der Waals surface area contributed by atoms with Crippen LogP contribution in [0, 0.1) is 18.3 Å². The summed E-state index contributed by atoms with van der Waals surface area (Å²) in [4.78, 5) is 0. The van der Waals surface area contributed by atoms with Crippen molar-refractivity contribution in [2.45, 2.75) is 32.7 Å². The molecule has 0 heterocycles. The maximum absolute atomic E-state index is 8.50. The second-order valence-corrected chi connectivity index (χ2v) is 4.70. The Morgan fingerprint density at radius 1 is 1.25 bits per heavy atom. The van der Waals surface area contributed by atoms with Crippen molar-refractivity contribution in [3.8, 4) is 11.8 Å². The molecule has 0 saturated heterocycles. The fourth-order valence-electron chi connectivity index (χ4n) is 1.94. The zero-order valence-electron chi connectivity index (χ0n) is 12.4. The first kappa shape index (κ1) is 16.5. The van der Waals surface area contributed by atoms with Crippen LogP contribution in [0.5, 0.6) is 5.75 Å². The molecule has 1 aromatic carbocycles. The third kappa shape index (κ3) is 6.05. The molecule has 0 atom stereocenters. The molecule has 0 aliphatic heterocycles. The topological polar surface area (TPSA) is 54.3 Å². The Morgan fingerprint density at radius 2 is 2.10 bits per heavy atom. The smallest absolute Gasteiger partial charge is 0.126 e. The number of unbranched alkanes of at least 4 members (excludes halogenated alkanes) is 2. The normalized spacial score (nSPS) is 10.2. The fraction of sp³-hybridized carbons (Fsp3) is 0.562. The SMILES string of the molecule is COCCNCc1cccc(C)c1OCCCCC#N. The maximum atomic E-state index is 8.50. The molecule has 0 fully saturated rings. The minimum atomic E-state index is 0.600. The molecule has 1 aromatic rings. The van der Waals surface area contributed by atoms with E-state index in [0.29, 0.717) is 19.6 Å². The van der Waals surface area contributed by atoms with Crippen molar-refractivity contribution in [2.24, 2.45) is 0 Å². The molecule has 0 bridgehead atoms. The highest BCUT2D eigenvalue weighted by atomic mass is 16.5. The van der Waals surface area contributed by atoms with Crippen molar-refractivity contribution in [3.05, 3.63) is 29.3 Å². The van der Waals surface area contributed by atoms with Crippen molar-refractivity contribution >= 4 is 0 Å². The lowest BCUT2D eigenvalue weighted by Crippen LogP contribution is -2.19. The summed E-state index contributed by atoms with van der Waals surface area (Å²) in [5, 5.41) is 11.8. The molecule has 0 saturated carbocycles. The van der Waals surface area contributed by atoms with E-state index >= 15 is 0 Å². The van der Waals surface area contributed by atoms with Crippen molar-refractivity contribution < 1.29 is 9.47 Å². The standard InChI is InChI=1S/C16H24N2O2/c1-14-7-6-8-15(13-18-10-12-19-2)16(14)20-11-5-3-4-9-17/h6-8,18H,3-5,10-13H2,1-2H3. The van der Waals surface area contributed by atoms with E-state index in [1.165, 1.54) is 5.56 Å². The van der Waals surface area contributed by atoms with Gasteiger partial charge in [0.15, 0.2) is 0 Å². The van der Waals surface area contributed by atoms with Gasteiger partial charge in [-0.05, 0) is 25.3 Å². The van der Waals surface area contributed by atoms with Crippen LogP contribution in [0.3, 0.4) is 0 Å². The van der Waals surface area contributed by atoms with Crippen LogP contribution >= 0.6 is 0 Å². The van der Waals surface area contributed by atoms with E-state index in [2.05, 4.69) is 30.4 Å². The third-order valence-corrected chi connectivity index (χ3v) is 3.02. The van der Waals surface area contributed by atoms with Gasteiger partial charge in [-0.2, -0.15) is 5.26 Å². The van der Waals surface area contributed by atoms with Gasteiger partial charge < -0.3 is 14.8 Å². The van der Waals surface area contributed by atoms with E-state index in [-0.39, 0.29) is 0 Å². The van der Waals surface area contributed by atoms with E-state index in [1.54, 1.807) is 7.11 Å². The van der Waals surface area contributed by atoms with Gasteiger partial charge in [-0.25, -0.2) is 0 Å². The quantitative estimate of drug-likeness (QED) is 0.668. The summed E-state index contributed by atoms with van der Waals surface area (Å²) in [6.07, 6.45) is 2.41. The first-order valence-corrected chi connectivity index (χ1v) is 7.07. The molecule has 4 nitrogen and oxygen atoms in total. The van der Waals surface area contributed by atoms with E-state index in [4.69, 9.17) is 14.7 Å². The van der Waals surface area contributed by atoms with Gasteiger partial charge in [-0.1, -0.05) is 18.2 Å². The van der Waals surface area contributed by atoms with Gasteiger partial charge in [0.25, 0.3) is 0 Å². The highest BCUT2D eigenvalue weighted by Gasteiger charge is 2.06. The van der Waals surface area contributed by atoms with Gasteiger partial charge >= 0.3 is 0 Å². The summed E-state index contributed by atoms with van der Waals surface area (Å²) in [6.45, 7) is 5.03. The van der Waals surface area contributed by atoms with Crippen LogP contribution in [-0.2, 0) is 11.3 Å². The van der Waals surface area contributed by atoms with E-state index in [0.717, 1.165) is 37.2 Å². The molecule has 1 N–H and O–H groups in total. The average Bonchev–Trinajstić information content (AvgIpc) is 2.45. The van der Waals surface area contributed by atoms with Gasteiger partial charge in [-0.15, -0.1) is 0 Å². The van der Waals surface area contributed by atoms with E-state index in [1.807, 2.05) is 6.07 Å². The van der Waals surface area contributed by atoms with Crippen LogP contribution in [-0.4, -0.2) is 26.9 Å². The number of aryl methyl sites for hydroxylation is 1. The van der Waals surface area contributed by atoms with Crippen LogP contribution in [0.25, 0.3) is 0 Å². The van der Waals surface area contributed by atoms with Crippen LogP contribution in [0.4, 0.5) is 0 Å². The van der Waals surface area contributed by atoms with E-state index < -0.39 is 0 Å². The number of nitrogens with zero attached hydrogens (tertiary/aromatic N) is 1. The minimum Gasteiger partial charge on any atom is -0.493 e. The average molecular weight is 276 g/mol. The van der Waals surface area contributed by atoms with Crippen LogP contribution in [0.15, 0.2) is 18.2 Å². The van der Waals surface area contributed by atoms with Crippen LogP contribution < -0.4 is 10.1 Å². The molecule has 0 amide bonds. The summed E-state index contributed by atoms with van der Waals surface area (Å²) in [6, 6.07) is 8.34. The summed E-state index contributed by atoms with van der Waals surface area (Å²) >= 11 is 0. The second-order valence-electron chi connectivity index (χ2n) is 4.70. The van der Waals surface area contributed by atoms with Crippen molar-refractivity contribution in [2.75, 3.05) is 26.9 Å². The van der Waals surface area contributed by atoms with E-state index in [9.17, 15) is 0 Å². The largest absolute Gasteiger partial charge is 0.493 e. The molecular weight excluding hydrogens is 252 g/mol. The second kappa shape index (κ2) is 10.2. The number of rotatable bonds is 10. The monoisotopic (exact) mass is 276 g/mol. The molecule has 4 heteroatoms. The molecular formula is C16H24N2O2. The highest BCUT2D eigenvalue weighted by molar-refractivity contribution is 5.40. The number of benzene rings is 1. The Bertz CT molecular complexity index is 427. The number of methoxy groups -OCH3 is 1. The highest BCUT2D eigenvalue weighted by Crippen LogP contribution is 2.23. The Labute approximate surface area is 121 Å². The minimum absolute atomic E-state index is 0.600. The Hall–Kier alpha value is -1.57. The summed E-state index contributed by atoms with van der Waals surface area (Å²) < 4.78 is 10.9. The number of para-hydroxylation sites is 1. The molecule has 0 radical (unpaired) electrons. The number of nitriles is 1. The fourth-order valence-corrected chi connectivity index (χ4v) is 1.94. The van der Waals surface area contributed by atoms with Gasteiger partial charge in [0.1, 0.15) is 5.75 Å². The lowest BCUT2D eigenvalue weighted by atomic mass is 10.1. The van der Waals surface area contributed by atoms with Gasteiger partial charge in [0, 0.05) is 32.2 Å². The maximum Gasteiger partial charge on any atom is 0.126 e. The Kier molecular flexibility index (Phi) is 8.44. The predicted octanol–water partition coefficient (Wildman–Crippen LogP) is 2.80.